The summed E-state index contributed by atoms with van der Waals surface area (Å²) in [5, 5.41) is 14.5. The molecule has 3 N–H and O–H groups in total. The lowest BCUT2D eigenvalue weighted by molar-refractivity contribution is -0.112. The molecule has 4 rings (SSSR count). The van der Waals surface area contributed by atoms with Crippen molar-refractivity contribution in [3.8, 4) is 11.1 Å². The number of carboxylic acid groups (broad SMARTS) is 1. The van der Waals surface area contributed by atoms with Crippen molar-refractivity contribution in [2.45, 2.75) is 19.8 Å². The van der Waals surface area contributed by atoms with E-state index in [4.69, 9.17) is 9.84 Å². The number of carbonyl (C=O) groups is 3. The Hall–Kier alpha value is -4.39. The number of hydrogen-bond acceptors (Lipinski definition) is 4. The van der Waals surface area contributed by atoms with E-state index < -0.39 is 12.1 Å². The Morgan fingerprint density at radius 1 is 0.971 bits per heavy atom. The number of ether oxygens (including phenoxy) is 1. The van der Waals surface area contributed by atoms with E-state index in [-0.39, 0.29) is 30.5 Å². The van der Waals surface area contributed by atoms with Crippen molar-refractivity contribution >= 4 is 23.7 Å². The van der Waals surface area contributed by atoms with Crippen molar-refractivity contribution in [2.24, 2.45) is 0 Å². The van der Waals surface area contributed by atoms with Crippen LogP contribution in [0.1, 0.15) is 39.9 Å². The third-order valence-corrected chi connectivity index (χ3v) is 6.09. The molecular weight excluding hydrogens is 444 g/mol. The van der Waals surface area contributed by atoms with Gasteiger partial charge in [0.15, 0.2) is 0 Å². The second kappa shape index (κ2) is 10.3. The predicted octanol–water partition coefficient (Wildman–Crippen LogP) is 5.12. The molecule has 0 saturated heterocycles. The van der Waals surface area contributed by atoms with Gasteiger partial charge in [-0.25, -0.2) is 9.59 Å². The van der Waals surface area contributed by atoms with E-state index in [1.54, 1.807) is 26.0 Å². The average Bonchev–Trinajstić information content (AvgIpc) is 3.17. The zero-order chi connectivity index (χ0) is 24.9. The highest BCUT2D eigenvalue weighted by Gasteiger charge is 2.28. The molecule has 7 heteroatoms. The highest BCUT2D eigenvalue weighted by molar-refractivity contribution is 6.04. The summed E-state index contributed by atoms with van der Waals surface area (Å²) in [6.45, 7) is 3.72. The normalized spacial score (nSPS) is 12.5. The fourth-order valence-electron chi connectivity index (χ4n) is 4.14. The van der Waals surface area contributed by atoms with E-state index in [9.17, 15) is 14.4 Å². The minimum atomic E-state index is -1.07. The van der Waals surface area contributed by atoms with Crippen LogP contribution in [0, 0.1) is 6.92 Å². The summed E-state index contributed by atoms with van der Waals surface area (Å²) in [6, 6.07) is 20.8. The molecule has 3 aromatic carbocycles. The third-order valence-electron chi connectivity index (χ3n) is 6.09. The molecule has 0 unspecified atom stereocenters. The summed E-state index contributed by atoms with van der Waals surface area (Å²) in [4.78, 5) is 35.9. The van der Waals surface area contributed by atoms with E-state index in [2.05, 4.69) is 34.9 Å². The fourth-order valence-corrected chi connectivity index (χ4v) is 4.14. The molecule has 7 nitrogen and oxygen atoms in total. The maximum absolute atomic E-state index is 12.5. The molecule has 0 fully saturated rings. The molecule has 1 aliphatic carbocycles. The molecular formula is C28H26N2O5. The van der Waals surface area contributed by atoms with Crippen molar-refractivity contribution in [1.82, 2.24) is 5.32 Å². The molecule has 0 heterocycles. The number of alkyl carbamates (subject to hydrolysis) is 1. The first-order chi connectivity index (χ1) is 16.8. The van der Waals surface area contributed by atoms with Gasteiger partial charge in [0, 0.05) is 23.7 Å². The minimum absolute atomic E-state index is 0.0268. The van der Waals surface area contributed by atoms with Gasteiger partial charge in [-0.2, -0.15) is 0 Å². The van der Waals surface area contributed by atoms with Gasteiger partial charge in [-0.05, 0) is 53.8 Å². The number of nitrogens with one attached hydrogen (secondary N) is 2. The quantitative estimate of drug-likeness (QED) is 0.416. The van der Waals surface area contributed by atoms with Crippen molar-refractivity contribution in [3.63, 3.8) is 0 Å². The van der Waals surface area contributed by atoms with Crippen LogP contribution in [0.25, 0.3) is 11.1 Å². The first-order valence-electron chi connectivity index (χ1n) is 11.3. The third kappa shape index (κ3) is 5.24. The van der Waals surface area contributed by atoms with E-state index in [1.165, 1.54) is 12.1 Å². The minimum Gasteiger partial charge on any atom is -0.478 e. The lowest BCUT2D eigenvalue weighted by atomic mass is 9.98. The molecule has 178 valence electrons. The zero-order valence-electron chi connectivity index (χ0n) is 19.5. The molecule has 0 saturated carbocycles. The number of benzene rings is 3. The average molecular weight is 471 g/mol. The summed E-state index contributed by atoms with van der Waals surface area (Å²) < 4.78 is 5.49. The van der Waals surface area contributed by atoms with E-state index >= 15 is 0 Å². The van der Waals surface area contributed by atoms with Crippen LogP contribution in [0.2, 0.25) is 0 Å². The van der Waals surface area contributed by atoms with Crippen LogP contribution >= 0.6 is 0 Å². The van der Waals surface area contributed by atoms with Crippen LogP contribution in [-0.2, 0) is 9.53 Å². The van der Waals surface area contributed by atoms with Crippen molar-refractivity contribution in [2.75, 3.05) is 18.5 Å². The fraction of sp³-hybridized carbons (Fsp3) is 0.179. The number of hydrogen-bond donors (Lipinski definition) is 3. The molecule has 0 aromatic heterocycles. The largest absolute Gasteiger partial charge is 0.478 e. The van der Waals surface area contributed by atoms with Gasteiger partial charge >= 0.3 is 12.1 Å². The van der Waals surface area contributed by atoms with Crippen LogP contribution in [0.3, 0.4) is 0 Å². The summed E-state index contributed by atoms with van der Waals surface area (Å²) >= 11 is 0. The van der Waals surface area contributed by atoms with Crippen LogP contribution in [-0.4, -0.2) is 36.2 Å². The lowest BCUT2D eigenvalue weighted by Gasteiger charge is -2.14. The van der Waals surface area contributed by atoms with Crippen molar-refractivity contribution < 1.29 is 24.2 Å². The predicted molar refractivity (Wildman–Crippen MR) is 134 cm³/mol. The Bertz CT molecular complexity index is 1280. The van der Waals surface area contributed by atoms with E-state index in [1.807, 2.05) is 24.3 Å². The topological polar surface area (TPSA) is 105 Å². The first-order valence-corrected chi connectivity index (χ1v) is 11.3. The summed E-state index contributed by atoms with van der Waals surface area (Å²) in [5.41, 5.74) is 6.22. The summed E-state index contributed by atoms with van der Waals surface area (Å²) in [5.74, 6) is -1.48. The lowest BCUT2D eigenvalue weighted by Crippen LogP contribution is -2.26. The number of carboxylic acids is 1. The highest BCUT2D eigenvalue weighted by atomic mass is 16.5. The van der Waals surface area contributed by atoms with Gasteiger partial charge in [-0.15, -0.1) is 0 Å². The van der Waals surface area contributed by atoms with Gasteiger partial charge in [0.25, 0.3) is 5.91 Å². The SMILES string of the molecule is C/C(=C\CNC(=O)OCC1c2ccccc2-c2ccccc21)C(=O)Nc1cc(C(=O)O)ccc1C. The standard InChI is InChI=1S/C28H26N2O5/c1-17-11-12-19(27(32)33)15-25(17)30-26(31)18(2)13-14-29-28(34)35-16-24-22-9-5-3-7-20(22)21-8-4-6-10-23(21)24/h3-13,15,24H,14,16H2,1-2H3,(H,29,34)(H,30,31)(H,32,33)/b18-13+. The highest BCUT2D eigenvalue weighted by Crippen LogP contribution is 2.44. The maximum Gasteiger partial charge on any atom is 0.407 e. The first kappa shape index (κ1) is 23.8. The molecule has 0 bridgehead atoms. The van der Waals surface area contributed by atoms with Gasteiger partial charge in [0.1, 0.15) is 6.61 Å². The molecule has 0 radical (unpaired) electrons. The number of aryl methyl sites for hydroxylation is 1. The zero-order valence-corrected chi connectivity index (χ0v) is 19.5. The Labute approximate surface area is 203 Å². The molecule has 1 aliphatic rings. The number of rotatable bonds is 7. The van der Waals surface area contributed by atoms with Crippen LogP contribution < -0.4 is 10.6 Å². The van der Waals surface area contributed by atoms with Crippen molar-refractivity contribution in [3.05, 3.63) is 101 Å². The molecule has 0 aliphatic heterocycles. The maximum atomic E-state index is 12.5. The van der Waals surface area contributed by atoms with Gasteiger partial charge < -0.3 is 20.5 Å². The molecule has 35 heavy (non-hydrogen) atoms. The van der Waals surface area contributed by atoms with E-state index in [0.29, 0.717) is 11.3 Å². The molecule has 0 atom stereocenters. The smallest absolute Gasteiger partial charge is 0.407 e. The van der Waals surface area contributed by atoms with Gasteiger partial charge in [-0.1, -0.05) is 60.7 Å². The number of fused-ring (bicyclic) bond motifs is 3. The van der Waals surface area contributed by atoms with Gasteiger partial charge in [-0.3, -0.25) is 4.79 Å². The Morgan fingerprint density at radius 3 is 2.23 bits per heavy atom. The van der Waals surface area contributed by atoms with Crippen LogP contribution in [0.4, 0.5) is 10.5 Å². The van der Waals surface area contributed by atoms with Gasteiger partial charge in [0.05, 0.1) is 5.56 Å². The molecule has 2 amide bonds. The summed E-state index contributed by atoms with van der Waals surface area (Å²) in [6.07, 6.45) is 1.01. The second-order valence-electron chi connectivity index (χ2n) is 8.38. The molecule has 0 spiro atoms. The van der Waals surface area contributed by atoms with Crippen molar-refractivity contribution in [1.29, 1.82) is 0 Å². The number of aromatic carboxylic acids is 1. The Kier molecular flexibility index (Phi) is 6.96. The van der Waals surface area contributed by atoms with E-state index in [0.717, 1.165) is 27.8 Å². The Balaban J connectivity index is 1.31. The number of carbonyl (C=O) groups excluding carboxylic acids is 2. The molecule has 3 aromatic rings. The summed E-state index contributed by atoms with van der Waals surface area (Å²) in [7, 11) is 0. The van der Waals surface area contributed by atoms with Gasteiger partial charge in [0.2, 0.25) is 0 Å². The second-order valence-corrected chi connectivity index (χ2v) is 8.38. The Morgan fingerprint density at radius 2 is 1.60 bits per heavy atom. The van der Waals surface area contributed by atoms with Crippen LogP contribution in [0.5, 0.6) is 0 Å². The number of amides is 2. The number of anilines is 1. The monoisotopic (exact) mass is 470 g/mol. The van der Waals surface area contributed by atoms with Crippen LogP contribution in [0.15, 0.2) is 78.4 Å².